The molecule has 2 aromatic carbocycles. The molecule has 5 rings (SSSR count). The van der Waals surface area contributed by atoms with Crippen molar-refractivity contribution < 1.29 is 18.7 Å². The van der Waals surface area contributed by atoms with E-state index in [2.05, 4.69) is 30.4 Å². The molecule has 0 radical (unpaired) electrons. The number of nitrogens with zero attached hydrogens (tertiary/aromatic N) is 1. The number of amides is 1. The fraction of sp³-hybridized carbons (Fsp3) is 0.458. The van der Waals surface area contributed by atoms with Crippen molar-refractivity contribution in [3.63, 3.8) is 0 Å². The van der Waals surface area contributed by atoms with Crippen LogP contribution < -0.4 is 5.32 Å². The van der Waals surface area contributed by atoms with Crippen LogP contribution in [0.3, 0.4) is 0 Å². The highest BCUT2D eigenvalue weighted by molar-refractivity contribution is 5.77. The number of hydrogen-bond acceptors (Lipinski definition) is 4. The van der Waals surface area contributed by atoms with Crippen LogP contribution in [-0.4, -0.2) is 43.2 Å². The van der Waals surface area contributed by atoms with Crippen molar-refractivity contribution in [1.82, 2.24) is 4.90 Å². The van der Waals surface area contributed by atoms with Gasteiger partial charge in [-0.2, -0.15) is 0 Å². The molecule has 3 heterocycles. The van der Waals surface area contributed by atoms with Crippen LogP contribution in [0.1, 0.15) is 41.9 Å². The number of fused-ring (bicyclic) bond motifs is 3. The summed E-state index contributed by atoms with van der Waals surface area (Å²) in [6.07, 6.45) is 1.71. The van der Waals surface area contributed by atoms with Gasteiger partial charge in [-0.3, -0.25) is 4.79 Å². The minimum Gasteiger partial charge on any atom is -0.381 e. The number of nitrogens with one attached hydrogen (secondary N) is 1. The number of carbonyl (C=O) groups excluding carboxylic acids is 1. The minimum absolute atomic E-state index is 0.120. The maximum absolute atomic E-state index is 13.3. The molecule has 1 N–H and O–H groups in total. The van der Waals surface area contributed by atoms with Crippen LogP contribution in [0.15, 0.2) is 42.5 Å². The first-order valence-corrected chi connectivity index (χ1v) is 10.7. The molecule has 3 aliphatic heterocycles. The van der Waals surface area contributed by atoms with E-state index in [4.69, 9.17) is 9.47 Å². The van der Waals surface area contributed by atoms with Gasteiger partial charge >= 0.3 is 0 Å². The van der Waals surface area contributed by atoms with Crippen molar-refractivity contribution in [2.45, 2.75) is 43.9 Å². The van der Waals surface area contributed by atoms with Crippen molar-refractivity contribution in [2.24, 2.45) is 0 Å². The van der Waals surface area contributed by atoms with Gasteiger partial charge in [-0.15, -0.1) is 0 Å². The summed E-state index contributed by atoms with van der Waals surface area (Å²) < 4.78 is 25.2. The fourth-order valence-electron chi connectivity index (χ4n) is 5.03. The summed E-state index contributed by atoms with van der Waals surface area (Å²) in [5, 5.41) is 3.62. The summed E-state index contributed by atoms with van der Waals surface area (Å²) in [6, 6.07) is 13.1. The summed E-state index contributed by atoms with van der Waals surface area (Å²) in [5.74, 6) is -0.801. The Morgan fingerprint density at radius 3 is 2.73 bits per heavy atom. The van der Waals surface area contributed by atoms with E-state index >= 15 is 0 Å². The maximum atomic E-state index is 13.3. The summed E-state index contributed by atoms with van der Waals surface area (Å²) in [6.45, 7) is 4.54. The van der Waals surface area contributed by atoms with Gasteiger partial charge in [0.25, 0.3) is 0 Å². The number of hydrogen-bond donors (Lipinski definition) is 1. The van der Waals surface area contributed by atoms with Crippen molar-refractivity contribution in [2.75, 3.05) is 31.6 Å². The number of anilines is 1. The molecule has 2 aromatic rings. The Morgan fingerprint density at radius 2 is 1.97 bits per heavy atom. The largest absolute Gasteiger partial charge is 0.381 e. The van der Waals surface area contributed by atoms with E-state index in [0.717, 1.165) is 25.1 Å². The topological polar surface area (TPSA) is 50.8 Å². The van der Waals surface area contributed by atoms with Gasteiger partial charge in [-0.1, -0.05) is 29.8 Å². The lowest BCUT2D eigenvalue weighted by Gasteiger charge is -2.36. The van der Waals surface area contributed by atoms with E-state index in [-0.39, 0.29) is 11.7 Å². The first-order valence-electron chi connectivity index (χ1n) is 10.7. The molecular formula is C24H27FN2O3. The van der Waals surface area contributed by atoms with Crippen LogP contribution in [0.4, 0.5) is 10.1 Å². The first kappa shape index (κ1) is 19.5. The normalized spacial score (nSPS) is 24.3. The lowest BCUT2D eigenvalue weighted by molar-refractivity contribution is -0.175. The second kappa shape index (κ2) is 7.67. The molecule has 2 saturated heterocycles. The molecular weight excluding hydrogens is 383 g/mol. The van der Waals surface area contributed by atoms with Crippen molar-refractivity contribution >= 4 is 11.6 Å². The highest BCUT2D eigenvalue weighted by atomic mass is 19.1. The van der Waals surface area contributed by atoms with Crippen molar-refractivity contribution in [3.05, 3.63) is 65.0 Å². The van der Waals surface area contributed by atoms with Gasteiger partial charge in [0.05, 0.1) is 13.2 Å². The minimum atomic E-state index is -0.958. The summed E-state index contributed by atoms with van der Waals surface area (Å²) in [5.41, 5.74) is 4.53. The number of rotatable bonds is 4. The van der Waals surface area contributed by atoms with Gasteiger partial charge in [-0.05, 0) is 37.1 Å². The standard InChI is InChI=1S/C24H27FN2O3/c1-16-2-7-21-19(14-16)20-15-27(11-9-22(20)26-21)23(28)8-10-24(29-12-13-30-24)17-3-5-18(25)6-4-17/h2-7,14,20,22,26H,8-13,15H2,1H3. The van der Waals surface area contributed by atoms with Crippen LogP contribution in [0.5, 0.6) is 0 Å². The van der Waals surface area contributed by atoms with E-state index in [1.807, 2.05) is 4.90 Å². The molecule has 30 heavy (non-hydrogen) atoms. The highest BCUT2D eigenvalue weighted by Crippen LogP contribution is 2.41. The molecule has 5 nitrogen and oxygen atoms in total. The highest BCUT2D eigenvalue weighted by Gasteiger charge is 2.41. The molecule has 2 fully saturated rings. The van der Waals surface area contributed by atoms with Crippen LogP contribution in [0.25, 0.3) is 0 Å². The molecule has 0 bridgehead atoms. The SMILES string of the molecule is Cc1ccc2c(c1)C1CN(C(=O)CCC3(c4ccc(F)cc4)OCCO3)CCC1N2. The fourth-order valence-corrected chi connectivity index (χ4v) is 5.03. The van der Waals surface area contributed by atoms with E-state index in [1.165, 1.54) is 28.9 Å². The Balaban J connectivity index is 1.27. The van der Waals surface area contributed by atoms with E-state index in [1.54, 1.807) is 12.1 Å². The molecule has 1 amide bonds. The molecule has 0 spiro atoms. The second-order valence-corrected chi connectivity index (χ2v) is 8.53. The monoisotopic (exact) mass is 410 g/mol. The van der Waals surface area contributed by atoms with Gasteiger partial charge in [-0.25, -0.2) is 4.39 Å². The van der Waals surface area contributed by atoms with Gasteiger partial charge in [0.1, 0.15) is 5.82 Å². The van der Waals surface area contributed by atoms with Gasteiger partial charge in [0.15, 0.2) is 5.79 Å². The third-order valence-corrected chi connectivity index (χ3v) is 6.62. The zero-order chi connectivity index (χ0) is 20.7. The number of halogens is 1. The zero-order valence-electron chi connectivity index (χ0n) is 17.2. The summed E-state index contributed by atoms with van der Waals surface area (Å²) in [7, 11) is 0. The predicted molar refractivity (Wildman–Crippen MR) is 112 cm³/mol. The lowest BCUT2D eigenvalue weighted by atomic mass is 9.88. The number of piperidine rings is 1. The van der Waals surface area contributed by atoms with Gasteiger partial charge in [0, 0.05) is 49.1 Å². The third kappa shape index (κ3) is 3.48. The van der Waals surface area contributed by atoms with E-state index in [9.17, 15) is 9.18 Å². The van der Waals surface area contributed by atoms with Crippen LogP contribution in [0.2, 0.25) is 0 Å². The number of likely N-dealkylation sites (tertiary alicyclic amines) is 1. The second-order valence-electron chi connectivity index (χ2n) is 8.53. The molecule has 0 aliphatic carbocycles. The Bertz CT molecular complexity index is 940. The molecule has 3 aliphatic rings. The van der Waals surface area contributed by atoms with Crippen LogP contribution in [-0.2, 0) is 20.1 Å². The average molecular weight is 410 g/mol. The van der Waals surface area contributed by atoms with Crippen LogP contribution >= 0.6 is 0 Å². The molecule has 0 saturated carbocycles. The molecule has 0 aromatic heterocycles. The number of carbonyl (C=O) groups is 1. The number of ether oxygens (including phenoxy) is 2. The maximum Gasteiger partial charge on any atom is 0.222 e. The van der Waals surface area contributed by atoms with Gasteiger partial charge < -0.3 is 19.7 Å². The van der Waals surface area contributed by atoms with Crippen LogP contribution in [0, 0.1) is 12.7 Å². The van der Waals surface area contributed by atoms with Crippen molar-refractivity contribution in [3.8, 4) is 0 Å². The molecule has 2 atom stereocenters. The smallest absolute Gasteiger partial charge is 0.222 e. The Labute approximate surface area is 176 Å². The first-order chi connectivity index (χ1) is 14.5. The Hall–Kier alpha value is -2.44. The van der Waals surface area contributed by atoms with E-state index < -0.39 is 5.79 Å². The average Bonchev–Trinajstić information content (AvgIpc) is 3.37. The zero-order valence-corrected chi connectivity index (χ0v) is 17.2. The molecule has 158 valence electrons. The third-order valence-electron chi connectivity index (χ3n) is 6.62. The summed E-state index contributed by atoms with van der Waals surface area (Å²) >= 11 is 0. The predicted octanol–water partition coefficient (Wildman–Crippen LogP) is 3.92. The Kier molecular flexibility index (Phi) is 4.99. The number of benzene rings is 2. The van der Waals surface area contributed by atoms with Gasteiger partial charge in [0.2, 0.25) is 5.91 Å². The number of aryl methyl sites for hydroxylation is 1. The lowest BCUT2D eigenvalue weighted by Crippen LogP contribution is -2.45. The molecule has 2 unspecified atom stereocenters. The summed E-state index contributed by atoms with van der Waals surface area (Å²) in [4.78, 5) is 15.1. The molecule has 6 heteroatoms. The Morgan fingerprint density at radius 1 is 1.20 bits per heavy atom. The van der Waals surface area contributed by atoms with Crippen molar-refractivity contribution in [1.29, 1.82) is 0 Å². The quantitative estimate of drug-likeness (QED) is 0.830. The van der Waals surface area contributed by atoms with E-state index in [0.29, 0.717) is 38.0 Å².